The summed E-state index contributed by atoms with van der Waals surface area (Å²) in [6.07, 6.45) is 7.09. The second-order valence-corrected chi connectivity index (χ2v) is 6.32. The van der Waals surface area contributed by atoms with E-state index in [0.29, 0.717) is 25.4 Å². The highest BCUT2D eigenvalue weighted by atomic mass is 16.5. The summed E-state index contributed by atoms with van der Waals surface area (Å²) in [6.45, 7) is 1.99. The fourth-order valence-corrected chi connectivity index (χ4v) is 3.19. The average Bonchev–Trinajstić information content (AvgIpc) is 3.11. The predicted molar refractivity (Wildman–Crippen MR) is 96.8 cm³/mol. The van der Waals surface area contributed by atoms with Crippen LogP contribution in [0.4, 0.5) is 5.82 Å². The quantitative estimate of drug-likeness (QED) is 0.726. The van der Waals surface area contributed by atoms with E-state index >= 15 is 0 Å². The van der Waals surface area contributed by atoms with Crippen molar-refractivity contribution >= 4 is 16.9 Å². The zero-order chi connectivity index (χ0) is 17.8. The Kier molecular flexibility index (Phi) is 5.03. The topological polar surface area (TPSA) is 87.0 Å². The monoisotopic (exact) mass is 354 g/mol. The smallest absolute Gasteiger partial charge is 0.186 e. The fraction of sp³-hybridized carbons (Fsp3) is 0.444. The van der Waals surface area contributed by atoms with Crippen molar-refractivity contribution < 1.29 is 9.47 Å². The van der Waals surface area contributed by atoms with Gasteiger partial charge >= 0.3 is 0 Å². The van der Waals surface area contributed by atoms with E-state index in [4.69, 9.17) is 9.47 Å². The highest BCUT2D eigenvalue weighted by Gasteiger charge is 2.25. The number of aromatic nitrogens is 5. The van der Waals surface area contributed by atoms with E-state index in [1.807, 2.05) is 29.1 Å². The summed E-state index contributed by atoms with van der Waals surface area (Å²) in [4.78, 5) is 13.1. The van der Waals surface area contributed by atoms with Crippen LogP contribution in [0.2, 0.25) is 0 Å². The first-order valence-corrected chi connectivity index (χ1v) is 8.79. The van der Waals surface area contributed by atoms with Gasteiger partial charge in [-0.05, 0) is 25.0 Å². The molecule has 3 aromatic rings. The van der Waals surface area contributed by atoms with E-state index in [9.17, 15) is 0 Å². The third kappa shape index (κ3) is 3.66. The predicted octanol–water partition coefficient (Wildman–Crippen LogP) is 2.20. The first-order valence-electron chi connectivity index (χ1n) is 8.79. The molecule has 136 valence electrons. The van der Waals surface area contributed by atoms with Crippen LogP contribution in [0, 0.1) is 0 Å². The van der Waals surface area contributed by atoms with Crippen molar-refractivity contribution in [2.24, 2.45) is 0 Å². The third-order valence-electron chi connectivity index (χ3n) is 4.53. The number of fused-ring (bicyclic) bond motifs is 1. The summed E-state index contributed by atoms with van der Waals surface area (Å²) >= 11 is 0. The Hall–Kier alpha value is -2.58. The van der Waals surface area contributed by atoms with Gasteiger partial charge in [0.1, 0.15) is 18.2 Å². The number of nitrogens with zero attached hydrogens (tertiary/aromatic N) is 5. The Morgan fingerprint density at radius 1 is 1.31 bits per heavy atom. The molecule has 0 saturated carbocycles. The molecule has 26 heavy (non-hydrogen) atoms. The molecular weight excluding hydrogens is 332 g/mol. The van der Waals surface area contributed by atoms with Crippen molar-refractivity contribution in [2.75, 3.05) is 25.6 Å². The molecule has 1 saturated heterocycles. The molecule has 8 nitrogen and oxygen atoms in total. The van der Waals surface area contributed by atoms with Crippen LogP contribution in [-0.2, 0) is 16.0 Å². The molecule has 4 heterocycles. The minimum Gasteiger partial charge on any atom is -0.383 e. The number of anilines is 1. The van der Waals surface area contributed by atoms with Gasteiger partial charge in [0.25, 0.3) is 0 Å². The molecule has 1 aliphatic rings. The van der Waals surface area contributed by atoms with Gasteiger partial charge in [0.2, 0.25) is 0 Å². The van der Waals surface area contributed by atoms with Crippen molar-refractivity contribution in [3.8, 4) is 0 Å². The largest absolute Gasteiger partial charge is 0.383 e. The maximum absolute atomic E-state index is 5.90. The van der Waals surface area contributed by atoms with E-state index < -0.39 is 0 Å². The summed E-state index contributed by atoms with van der Waals surface area (Å²) in [5.41, 5.74) is 1.66. The number of nitrogens with one attached hydrogen (secondary N) is 1. The van der Waals surface area contributed by atoms with Gasteiger partial charge in [0, 0.05) is 32.2 Å². The van der Waals surface area contributed by atoms with Gasteiger partial charge in [-0.1, -0.05) is 6.07 Å². The zero-order valence-electron chi connectivity index (χ0n) is 14.7. The van der Waals surface area contributed by atoms with Gasteiger partial charge < -0.3 is 14.8 Å². The van der Waals surface area contributed by atoms with Crippen LogP contribution in [-0.4, -0.2) is 51.1 Å². The molecule has 2 atom stereocenters. The lowest BCUT2D eigenvalue weighted by atomic mass is 10.0. The van der Waals surface area contributed by atoms with Crippen LogP contribution in [0.5, 0.6) is 0 Å². The van der Waals surface area contributed by atoms with Crippen LogP contribution in [0.1, 0.15) is 24.6 Å². The van der Waals surface area contributed by atoms with E-state index in [1.54, 1.807) is 19.6 Å². The zero-order valence-corrected chi connectivity index (χ0v) is 14.7. The van der Waals surface area contributed by atoms with Crippen LogP contribution in [0.15, 0.2) is 36.9 Å². The van der Waals surface area contributed by atoms with E-state index in [0.717, 1.165) is 29.7 Å². The number of rotatable bonds is 6. The molecule has 8 heteroatoms. The number of ether oxygens (including phenoxy) is 2. The molecule has 0 aromatic carbocycles. The van der Waals surface area contributed by atoms with Crippen LogP contribution >= 0.6 is 0 Å². The summed E-state index contributed by atoms with van der Waals surface area (Å²) in [5, 5.41) is 8.95. The second kappa shape index (κ2) is 7.76. The Morgan fingerprint density at radius 2 is 2.27 bits per heavy atom. The average molecular weight is 354 g/mol. The minimum atomic E-state index is 0.00389. The molecule has 1 N–H and O–H groups in total. The maximum atomic E-state index is 5.90. The molecule has 0 unspecified atom stereocenters. The minimum absolute atomic E-state index is 0.00389. The lowest BCUT2D eigenvalue weighted by molar-refractivity contribution is 0.00718. The van der Waals surface area contributed by atoms with Crippen molar-refractivity contribution in [1.29, 1.82) is 0 Å². The number of pyridine rings is 1. The summed E-state index contributed by atoms with van der Waals surface area (Å²) in [6, 6.07) is 6.18. The molecule has 1 fully saturated rings. The standard InChI is InChI=1S/C18H22N6O2/c1-25-9-7-24-11-14-17(20-12-21-18(14)23-24)22-13-5-8-26-16(10-13)15-4-2-3-6-19-15/h2-4,6,11-13,16H,5,7-10H2,1H3,(H,20,21,22,23)/t13-,16-/m1/s1. The van der Waals surface area contributed by atoms with E-state index in [2.05, 4.69) is 25.4 Å². The number of hydrogen-bond donors (Lipinski definition) is 1. The summed E-state index contributed by atoms with van der Waals surface area (Å²) in [5.74, 6) is 0.810. The van der Waals surface area contributed by atoms with Gasteiger partial charge in [-0.2, -0.15) is 5.10 Å². The molecule has 1 aliphatic heterocycles. The van der Waals surface area contributed by atoms with Gasteiger partial charge in [0.15, 0.2) is 5.65 Å². The Morgan fingerprint density at radius 3 is 3.12 bits per heavy atom. The van der Waals surface area contributed by atoms with Gasteiger partial charge in [-0.15, -0.1) is 0 Å². The Balaban J connectivity index is 1.50. The Labute approximate surface area is 151 Å². The Bertz CT molecular complexity index is 853. The molecule has 0 amide bonds. The molecule has 0 aliphatic carbocycles. The highest BCUT2D eigenvalue weighted by Crippen LogP contribution is 2.29. The molecular formula is C18H22N6O2. The summed E-state index contributed by atoms with van der Waals surface area (Å²) < 4.78 is 12.9. The molecule has 0 radical (unpaired) electrons. The van der Waals surface area contributed by atoms with Crippen molar-refractivity contribution in [1.82, 2.24) is 24.7 Å². The number of methoxy groups -OCH3 is 1. The van der Waals surface area contributed by atoms with Crippen LogP contribution < -0.4 is 5.32 Å². The van der Waals surface area contributed by atoms with Gasteiger partial charge in [-0.3, -0.25) is 9.67 Å². The fourth-order valence-electron chi connectivity index (χ4n) is 3.19. The lowest BCUT2D eigenvalue weighted by Gasteiger charge is -2.30. The van der Waals surface area contributed by atoms with Crippen molar-refractivity contribution in [2.45, 2.75) is 31.5 Å². The lowest BCUT2D eigenvalue weighted by Crippen LogP contribution is -2.30. The summed E-state index contributed by atoms with van der Waals surface area (Å²) in [7, 11) is 1.68. The molecule has 3 aromatic heterocycles. The SMILES string of the molecule is COCCn1cc2c(N[C@@H]3CCO[C@@H](c4ccccn4)C3)ncnc2n1. The first kappa shape index (κ1) is 16.9. The third-order valence-corrected chi connectivity index (χ3v) is 4.53. The maximum Gasteiger partial charge on any atom is 0.186 e. The van der Waals surface area contributed by atoms with Gasteiger partial charge in [0.05, 0.1) is 24.2 Å². The highest BCUT2D eigenvalue weighted by molar-refractivity contribution is 5.85. The molecule has 0 spiro atoms. The van der Waals surface area contributed by atoms with E-state index in [1.165, 1.54) is 0 Å². The van der Waals surface area contributed by atoms with Crippen LogP contribution in [0.25, 0.3) is 11.0 Å². The number of hydrogen-bond acceptors (Lipinski definition) is 7. The van der Waals surface area contributed by atoms with Crippen molar-refractivity contribution in [3.05, 3.63) is 42.6 Å². The molecule has 0 bridgehead atoms. The normalized spacial score (nSPS) is 20.3. The van der Waals surface area contributed by atoms with Crippen LogP contribution in [0.3, 0.4) is 0 Å². The van der Waals surface area contributed by atoms with E-state index in [-0.39, 0.29) is 12.1 Å². The van der Waals surface area contributed by atoms with Crippen molar-refractivity contribution in [3.63, 3.8) is 0 Å². The first-order chi connectivity index (χ1) is 12.8. The van der Waals surface area contributed by atoms with Gasteiger partial charge in [-0.25, -0.2) is 9.97 Å². The second-order valence-electron chi connectivity index (χ2n) is 6.32. The molecule has 4 rings (SSSR count).